The van der Waals surface area contributed by atoms with E-state index in [2.05, 4.69) is 32.5 Å². The van der Waals surface area contributed by atoms with Crippen LogP contribution in [-0.2, 0) is 10.2 Å². The summed E-state index contributed by atoms with van der Waals surface area (Å²) in [4.78, 5) is 18.5. The van der Waals surface area contributed by atoms with Crippen LogP contribution in [0.1, 0.15) is 24.8 Å². The molecule has 3 aromatic rings. The summed E-state index contributed by atoms with van der Waals surface area (Å²) in [6.07, 6.45) is 6.22. The lowest BCUT2D eigenvalue weighted by atomic mass is 9.79. The number of pyridine rings is 1. The van der Waals surface area contributed by atoms with Crippen molar-refractivity contribution >= 4 is 34.6 Å². The first kappa shape index (κ1) is 15.0. The van der Waals surface area contributed by atoms with E-state index in [-0.39, 0.29) is 11.9 Å². The summed E-state index contributed by atoms with van der Waals surface area (Å²) in [7, 11) is 0. The quantitative estimate of drug-likeness (QED) is 0.744. The second-order valence-corrected chi connectivity index (χ2v) is 7.92. The van der Waals surface area contributed by atoms with Crippen LogP contribution in [0.4, 0.5) is 5.69 Å². The van der Waals surface area contributed by atoms with Crippen LogP contribution in [0.3, 0.4) is 0 Å². The zero-order chi connectivity index (χ0) is 17.0. The van der Waals surface area contributed by atoms with E-state index in [0.29, 0.717) is 6.42 Å². The number of amides is 1. The second kappa shape index (κ2) is 5.34. The maximum absolute atomic E-state index is 12.7. The minimum Gasteiger partial charge on any atom is -0.328 e. The molecule has 1 amide bonds. The third-order valence-electron chi connectivity index (χ3n) is 5.34. The predicted octanol–water partition coefficient (Wildman–Crippen LogP) is 3.29. The van der Waals surface area contributed by atoms with Crippen LogP contribution in [0.5, 0.6) is 0 Å². The molecule has 2 aromatic heterocycles. The fourth-order valence-electron chi connectivity index (χ4n) is 4.21. The highest BCUT2D eigenvalue weighted by molar-refractivity contribution is 7.98. The van der Waals surface area contributed by atoms with Crippen LogP contribution >= 0.6 is 11.9 Å². The van der Waals surface area contributed by atoms with Crippen LogP contribution in [-0.4, -0.2) is 20.9 Å². The number of hydrogen-bond acceptors (Lipinski definition) is 4. The highest BCUT2D eigenvalue weighted by Crippen LogP contribution is 2.51. The number of aromatic nitrogens is 2. The van der Waals surface area contributed by atoms with Gasteiger partial charge in [-0.3, -0.25) is 8.77 Å². The van der Waals surface area contributed by atoms with Gasteiger partial charge in [-0.15, -0.1) is 0 Å². The van der Waals surface area contributed by atoms with Crippen LogP contribution in [0.2, 0.25) is 0 Å². The standard InChI is InChI=1S/C19H18N4OS/c20-12-6-8-19(10-12)16-14-7-9-23(25-13-4-2-1-3-5-13)17(14)21-11-15(16)22-18(19)24/h1-5,7,9,11-12H,6,8,10,20H2,(H,22,24). The van der Waals surface area contributed by atoms with Gasteiger partial charge in [-0.1, -0.05) is 18.2 Å². The van der Waals surface area contributed by atoms with Crippen molar-refractivity contribution in [2.24, 2.45) is 5.73 Å². The first-order chi connectivity index (χ1) is 12.2. The third kappa shape index (κ3) is 2.14. The zero-order valence-electron chi connectivity index (χ0n) is 13.6. The Bertz CT molecular complexity index is 984. The molecule has 0 bridgehead atoms. The zero-order valence-corrected chi connectivity index (χ0v) is 14.4. The number of carbonyl (C=O) groups excluding carboxylic acids is 1. The molecule has 0 radical (unpaired) electrons. The Morgan fingerprint density at radius 2 is 2.12 bits per heavy atom. The highest BCUT2D eigenvalue weighted by atomic mass is 32.2. The number of fused-ring (bicyclic) bond motifs is 4. The van der Waals surface area contributed by atoms with Crippen molar-refractivity contribution in [1.29, 1.82) is 0 Å². The second-order valence-electron chi connectivity index (χ2n) is 6.87. The van der Waals surface area contributed by atoms with Gasteiger partial charge in [0.2, 0.25) is 5.91 Å². The highest BCUT2D eigenvalue weighted by Gasteiger charge is 2.52. The number of benzene rings is 1. The molecule has 5 rings (SSSR count). The summed E-state index contributed by atoms with van der Waals surface area (Å²) in [6, 6.07) is 12.4. The Balaban J connectivity index is 1.65. The maximum atomic E-state index is 12.7. The van der Waals surface area contributed by atoms with Crippen molar-refractivity contribution in [3.63, 3.8) is 0 Å². The van der Waals surface area contributed by atoms with Gasteiger partial charge < -0.3 is 11.1 Å². The molecule has 3 heterocycles. The molecule has 2 aliphatic rings. The molecular formula is C19H18N4OS. The Hall–Kier alpha value is -2.31. The lowest BCUT2D eigenvalue weighted by molar-refractivity contribution is -0.120. The van der Waals surface area contributed by atoms with E-state index >= 15 is 0 Å². The van der Waals surface area contributed by atoms with Gasteiger partial charge in [0.05, 0.1) is 17.3 Å². The first-order valence-electron chi connectivity index (χ1n) is 8.48. The molecule has 1 saturated carbocycles. The minimum atomic E-state index is -0.487. The van der Waals surface area contributed by atoms with Crippen molar-refractivity contribution in [2.75, 3.05) is 5.32 Å². The summed E-state index contributed by atoms with van der Waals surface area (Å²) in [5, 5.41) is 4.08. The number of rotatable bonds is 2. The molecule has 1 fully saturated rings. The third-order valence-corrected chi connectivity index (χ3v) is 6.32. The van der Waals surface area contributed by atoms with Crippen molar-refractivity contribution < 1.29 is 4.79 Å². The van der Waals surface area contributed by atoms with Crippen LogP contribution in [0, 0.1) is 0 Å². The lowest BCUT2D eigenvalue weighted by Crippen LogP contribution is -2.33. The average Bonchev–Trinajstić information content (AvgIpc) is 3.27. The topological polar surface area (TPSA) is 72.9 Å². The number of nitrogens with zero attached hydrogens (tertiary/aromatic N) is 2. The summed E-state index contributed by atoms with van der Waals surface area (Å²) in [5.41, 5.74) is 8.49. The summed E-state index contributed by atoms with van der Waals surface area (Å²) >= 11 is 1.63. The number of nitrogens with one attached hydrogen (secondary N) is 1. The molecular weight excluding hydrogens is 332 g/mol. The van der Waals surface area contributed by atoms with E-state index in [1.165, 1.54) is 0 Å². The average molecular weight is 350 g/mol. The number of nitrogens with two attached hydrogens (primary N) is 1. The van der Waals surface area contributed by atoms with E-state index in [1.807, 2.05) is 24.4 Å². The molecule has 25 heavy (non-hydrogen) atoms. The molecule has 1 aliphatic carbocycles. The Labute approximate surface area is 149 Å². The van der Waals surface area contributed by atoms with Crippen molar-refractivity contribution in [2.45, 2.75) is 35.6 Å². The first-order valence-corrected chi connectivity index (χ1v) is 9.26. The molecule has 1 spiro atoms. The van der Waals surface area contributed by atoms with Crippen molar-refractivity contribution in [3.8, 4) is 0 Å². The molecule has 1 aliphatic heterocycles. The molecule has 0 saturated heterocycles. The summed E-state index contributed by atoms with van der Waals surface area (Å²) < 4.78 is 2.07. The van der Waals surface area contributed by atoms with Gasteiger partial charge in [-0.25, -0.2) is 4.98 Å². The molecule has 2 atom stereocenters. The van der Waals surface area contributed by atoms with E-state index in [1.54, 1.807) is 18.1 Å². The van der Waals surface area contributed by atoms with Gasteiger partial charge in [0.15, 0.2) is 5.65 Å². The van der Waals surface area contributed by atoms with Crippen molar-refractivity contribution in [1.82, 2.24) is 8.96 Å². The van der Waals surface area contributed by atoms with Gasteiger partial charge in [-0.2, -0.15) is 0 Å². The normalized spacial score (nSPS) is 24.8. The van der Waals surface area contributed by atoms with Gasteiger partial charge in [0.25, 0.3) is 0 Å². The molecule has 2 unspecified atom stereocenters. The fourth-order valence-corrected chi connectivity index (χ4v) is 5.07. The van der Waals surface area contributed by atoms with Gasteiger partial charge in [0.1, 0.15) is 0 Å². The Morgan fingerprint density at radius 1 is 1.28 bits per heavy atom. The summed E-state index contributed by atoms with van der Waals surface area (Å²) in [6.45, 7) is 0. The molecule has 6 heteroatoms. The van der Waals surface area contributed by atoms with Crippen LogP contribution in [0.15, 0.2) is 53.7 Å². The van der Waals surface area contributed by atoms with E-state index in [0.717, 1.165) is 40.0 Å². The van der Waals surface area contributed by atoms with Gasteiger partial charge >= 0.3 is 0 Å². The fraction of sp³-hybridized carbons (Fsp3) is 0.263. The van der Waals surface area contributed by atoms with E-state index < -0.39 is 5.41 Å². The van der Waals surface area contributed by atoms with Crippen LogP contribution in [0.25, 0.3) is 11.0 Å². The molecule has 5 nitrogen and oxygen atoms in total. The molecule has 1 aromatic carbocycles. The predicted molar refractivity (Wildman–Crippen MR) is 99.6 cm³/mol. The SMILES string of the molecule is NC1CCC2(C1)C(=O)Nc1cnc3c(ccn3Sc3ccccc3)c12. The van der Waals surface area contributed by atoms with Gasteiger partial charge in [0, 0.05) is 28.1 Å². The number of hydrogen-bond donors (Lipinski definition) is 2. The Kier molecular flexibility index (Phi) is 3.20. The largest absolute Gasteiger partial charge is 0.328 e. The smallest absolute Gasteiger partial charge is 0.235 e. The lowest BCUT2D eigenvalue weighted by Gasteiger charge is -2.21. The Morgan fingerprint density at radius 3 is 2.88 bits per heavy atom. The molecule has 126 valence electrons. The minimum absolute atomic E-state index is 0.0770. The van der Waals surface area contributed by atoms with E-state index in [9.17, 15) is 4.79 Å². The number of anilines is 1. The monoisotopic (exact) mass is 350 g/mol. The number of carbonyl (C=O) groups is 1. The summed E-state index contributed by atoms with van der Waals surface area (Å²) in [5.74, 6) is 0.0770. The van der Waals surface area contributed by atoms with Crippen LogP contribution < -0.4 is 11.1 Å². The maximum Gasteiger partial charge on any atom is 0.235 e. The van der Waals surface area contributed by atoms with Gasteiger partial charge in [-0.05, 0) is 49.4 Å². The van der Waals surface area contributed by atoms with Crippen molar-refractivity contribution in [3.05, 3.63) is 54.4 Å². The van der Waals surface area contributed by atoms with E-state index in [4.69, 9.17) is 5.73 Å². The molecule has 3 N–H and O–H groups in total.